The molecule has 1 unspecified atom stereocenters. The van der Waals surface area contributed by atoms with E-state index in [0.717, 1.165) is 0 Å². The van der Waals surface area contributed by atoms with Crippen molar-refractivity contribution in [2.24, 2.45) is 0 Å². The number of hydrogen-bond donors (Lipinski definition) is 0. The molecule has 3 rings (SSSR count). The van der Waals surface area contributed by atoms with Crippen molar-refractivity contribution in [1.29, 1.82) is 0 Å². The van der Waals surface area contributed by atoms with Crippen LogP contribution < -0.4 is 15.9 Å². The number of benzene rings is 3. The molecule has 3 aromatic rings. The van der Waals surface area contributed by atoms with Gasteiger partial charge in [-0.2, -0.15) is 0 Å². The van der Waals surface area contributed by atoms with Crippen molar-refractivity contribution in [3.63, 3.8) is 0 Å². The topological polar surface area (TPSA) is 0 Å². The van der Waals surface area contributed by atoms with E-state index in [1.165, 1.54) is 15.9 Å². The normalized spacial score (nSPS) is 12.3. The molecule has 0 spiro atoms. The van der Waals surface area contributed by atoms with Gasteiger partial charge >= 0.3 is 0 Å². The van der Waals surface area contributed by atoms with Gasteiger partial charge in [0.2, 0.25) is 0 Å². The van der Waals surface area contributed by atoms with Crippen LogP contribution in [0.5, 0.6) is 0 Å². The maximum Gasteiger partial charge on any atom is 0.140 e. The first kappa shape index (κ1) is 15.5. The Morgan fingerprint density at radius 1 is 0.652 bits per heavy atom. The quantitative estimate of drug-likeness (QED) is 0.504. The molecule has 0 saturated heterocycles. The van der Waals surface area contributed by atoms with E-state index in [1.54, 1.807) is 0 Å². The second kappa shape index (κ2) is 6.82. The van der Waals surface area contributed by atoms with E-state index in [0.29, 0.717) is 0 Å². The summed E-state index contributed by atoms with van der Waals surface area (Å²) in [6, 6.07) is 32.2. The smallest absolute Gasteiger partial charge is 0.116 e. The molecular weight excluding hydrogens is 295 g/mol. The summed E-state index contributed by atoms with van der Waals surface area (Å²) in [7, 11) is -1.88. The summed E-state index contributed by atoms with van der Waals surface area (Å²) in [5.41, 5.74) is 0.134. The van der Waals surface area contributed by atoms with Crippen LogP contribution in [0.4, 0.5) is 0 Å². The van der Waals surface area contributed by atoms with Gasteiger partial charge in [-0.1, -0.05) is 60.5 Å². The molecule has 0 aliphatic heterocycles. The molecule has 3 aromatic carbocycles. The third-order valence-electron chi connectivity index (χ3n) is 4.31. The highest BCUT2D eigenvalue weighted by molar-refractivity contribution is 7.96. The predicted octanol–water partition coefficient (Wildman–Crippen LogP) is 4.00. The minimum Gasteiger partial charge on any atom is -0.116 e. The molecule has 0 bridgehead atoms. The highest BCUT2D eigenvalue weighted by Gasteiger charge is 2.49. The van der Waals surface area contributed by atoms with Crippen LogP contribution in [0.3, 0.4) is 0 Å². The first-order valence-corrected chi connectivity index (χ1v) is 9.67. The van der Waals surface area contributed by atoms with E-state index in [2.05, 4.69) is 104 Å². The van der Waals surface area contributed by atoms with Crippen LogP contribution >= 0.6 is 7.26 Å². The molecule has 0 N–H and O–H groups in total. The van der Waals surface area contributed by atoms with Crippen molar-refractivity contribution in [2.45, 2.75) is 12.6 Å². The zero-order chi connectivity index (χ0) is 16.1. The first-order valence-electron chi connectivity index (χ1n) is 7.82. The molecule has 112 valence electrons. The molecule has 0 saturated carbocycles. The maximum atomic E-state index is 5.95. The van der Waals surface area contributed by atoms with E-state index in [9.17, 15) is 0 Å². The van der Waals surface area contributed by atoms with Crippen molar-refractivity contribution in [3.8, 4) is 12.3 Å². The second-order valence-electron chi connectivity index (χ2n) is 5.57. The van der Waals surface area contributed by atoms with Crippen LogP contribution in [0.1, 0.15) is 6.92 Å². The predicted molar refractivity (Wildman–Crippen MR) is 103 cm³/mol. The molecule has 0 radical (unpaired) electrons. The number of hydrogen-bond acceptors (Lipinski definition) is 0. The lowest BCUT2D eigenvalue weighted by atomic mass is 10.3. The minimum absolute atomic E-state index is 0.134. The van der Waals surface area contributed by atoms with Gasteiger partial charge in [0.15, 0.2) is 0 Å². The van der Waals surface area contributed by atoms with Gasteiger partial charge < -0.3 is 0 Å². The van der Waals surface area contributed by atoms with Crippen LogP contribution in [-0.2, 0) is 0 Å². The Bertz CT molecular complexity index is 689. The summed E-state index contributed by atoms with van der Waals surface area (Å²) >= 11 is 0. The van der Waals surface area contributed by atoms with Gasteiger partial charge in [0.1, 0.15) is 28.8 Å². The maximum absolute atomic E-state index is 5.95. The van der Waals surface area contributed by atoms with Crippen molar-refractivity contribution in [2.75, 3.05) is 0 Å². The molecule has 0 fully saturated rings. The lowest BCUT2D eigenvalue weighted by Crippen LogP contribution is -2.37. The van der Waals surface area contributed by atoms with E-state index in [4.69, 9.17) is 6.42 Å². The van der Waals surface area contributed by atoms with Gasteiger partial charge in [0.25, 0.3) is 0 Å². The monoisotopic (exact) mass is 315 g/mol. The minimum atomic E-state index is -1.88. The van der Waals surface area contributed by atoms with Gasteiger partial charge in [0, 0.05) is 0 Å². The van der Waals surface area contributed by atoms with Crippen LogP contribution in [0.15, 0.2) is 91.0 Å². The largest absolute Gasteiger partial charge is 0.140 e. The van der Waals surface area contributed by atoms with E-state index >= 15 is 0 Å². The Morgan fingerprint density at radius 3 is 1.22 bits per heavy atom. The van der Waals surface area contributed by atoms with Crippen molar-refractivity contribution >= 4 is 23.2 Å². The Morgan fingerprint density at radius 2 is 0.957 bits per heavy atom. The van der Waals surface area contributed by atoms with Gasteiger partial charge in [-0.25, -0.2) is 0 Å². The molecule has 0 amide bonds. The molecule has 23 heavy (non-hydrogen) atoms. The molecule has 1 atom stereocenters. The summed E-state index contributed by atoms with van der Waals surface area (Å²) in [6.07, 6.45) is 5.95. The summed E-state index contributed by atoms with van der Waals surface area (Å²) in [5.74, 6) is 3.05. The number of terminal acetylenes is 1. The highest BCUT2D eigenvalue weighted by Crippen LogP contribution is 2.59. The zero-order valence-corrected chi connectivity index (χ0v) is 14.2. The van der Waals surface area contributed by atoms with Crippen LogP contribution in [0.2, 0.25) is 0 Å². The Kier molecular flexibility index (Phi) is 4.61. The SMILES string of the molecule is C#CC(C)[P+](c1ccccc1)(c1ccccc1)c1ccccc1. The Hall–Kier alpha value is -2.35. The van der Waals surface area contributed by atoms with Crippen LogP contribution in [0.25, 0.3) is 0 Å². The van der Waals surface area contributed by atoms with Crippen molar-refractivity contribution in [1.82, 2.24) is 0 Å². The lowest BCUT2D eigenvalue weighted by molar-refractivity contribution is 1.27. The Balaban J connectivity index is 2.38. The lowest BCUT2D eigenvalue weighted by Gasteiger charge is -2.30. The molecule has 0 aliphatic rings. The summed E-state index contributed by atoms with van der Waals surface area (Å²) in [6.45, 7) is 2.18. The fourth-order valence-electron chi connectivity index (χ4n) is 3.22. The molecular formula is C22H20P+. The van der Waals surface area contributed by atoms with Gasteiger partial charge in [0.05, 0.1) is 0 Å². The van der Waals surface area contributed by atoms with E-state index in [1.807, 2.05) is 0 Å². The van der Waals surface area contributed by atoms with Crippen LogP contribution in [-0.4, -0.2) is 5.66 Å². The first-order chi connectivity index (χ1) is 11.3. The van der Waals surface area contributed by atoms with Gasteiger partial charge in [-0.3, -0.25) is 0 Å². The summed E-state index contributed by atoms with van der Waals surface area (Å²) < 4.78 is 0. The van der Waals surface area contributed by atoms with Gasteiger partial charge in [-0.05, 0) is 43.3 Å². The van der Waals surface area contributed by atoms with E-state index < -0.39 is 7.26 Å². The summed E-state index contributed by atoms with van der Waals surface area (Å²) in [5, 5.41) is 4.01. The second-order valence-corrected chi connectivity index (χ2v) is 9.34. The van der Waals surface area contributed by atoms with E-state index in [-0.39, 0.29) is 5.66 Å². The average molecular weight is 315 g/mol. The van der Waals surface area contributed by atoms with Crippen molar-refractivity contribution in [3.05, 3.63) is 91.0 Å². The molecule has 0 nitrogen and oxygen atoms in total. The zero-order valence-electron chi connectivity index (χ0n) is 13.3. The summed E-state index contributed by atoms with van der Waals surface area (Å²) in [4.78, 5) is 0. The number of rotatable bonds is 4. The van der Waals surface area contributed by atoms with Gasteiger partial charge in [-0.15, -0.1) is 6.42 Å². The standard InChI is InChI=1S/C22H20P/c1-3-19(2)23(20-13-7-4-8-14-20,21-15-9-5-10-16-21)22-17-11-6-12-18-22/h1,4-19H,2H3/q+1. The molecule has 0 aromatic heterocycles. The Labute approximate surface area is 139 Å². The molecule has 0 aliphatic carbocycles. The fourth-order valence-corrected chi connectivity index (χ4v) is 7.61. The average Bonchev–Trinajstić information content (AvgIpc) is 2.65. The third-order valence-corrected chi connectivity index (χ3v) is 8.96. The third kappa shape index (κ3) is 2.70. The van der Waals surface area contributed by atoms with Crippen molar-refractivity contribution < 1.29 is 0 Å². The fraction of sp³-hybridized carbons (Fsp3) is 0.0909. The highest BCUT2D eigenvalue weighted by atomic mass is 31.2. The van der Waals surface area contributed by atoms with Crippen LogP contribution in [0, 0.1) is 12.3 Å². The molecule has 0 heterocycles. The molecule has 1 heteroatoms.